The summed E-state index contributed by atoms with van der Waals surface area (Å²) in [6.07, 6.45) is 0. The second-order valence-electron chi connectivity index (χ2n) is 15.0. The minimum atomic E-state index is 0.509. The fourth-order valence-electron chi connectivity index (χ4n) is 9.18. The van der Waals surface area contributed by atoms with Gasteiger partial charge < -0.3 is 13.3 Å². The number of para-hydroxylation sites is 3. The van der Waals surface area contributed by atoms with Gasteiger partial charge >= 0.3 is 0 Å². The van der Waals surface area contributed by atoms with Crippen molar-refractivity contribution in [1.29, 1.82) is 0 Å². The third-order valence-electron chi connectivity index (χ3n) is 11.8. The summed E-state index contributed by atoms with van der Waals surface area (Å²) in [7, 11) is 0. The first kappa shape index (κ1) is 32.0. The smallest absolute Gasteiger partial charge is 0.167 e. The van der Waals surface area contributed by atoms with Gasteiger partial charge in [0.25, 0.3) is 0 Å². The number of nitrogens with zero attached hydrogens (tertiary/aromatic N) is 3. The molecule has 274 valence electrons. The fraction of sp³-hybridized carbons (Fsp3) is 0. The Hall–Kier alpha value is -8.09. The summed E-state index contributed by atoms with van der Waals surface area (Å²) in [4.78, 5) is 15.9. The maximum atomic E-state index is 6.78. The highest BCUT2D eigenvalue weighted by molar-refractivity contribution is 6.26. The number of benzene rings is 9. The van der Waals surface area contributed by atoms with Gasteiger partial charge in [-0.1, -0.05) is 140 Å². The van der Waals surface area contributed by atoms with Gasteiger partial charge in [0.05, 0.1) is 5.56 Å². The van der Waals surface area contributed by atoms with Crippen molar-refractivity contribution >= 4 is 87.4 Å². The number of rotatable bonds is 4. The zero-order chi connectivity index (χ0) is 38.6. The predicted molar refractivity (Wildman–Crippen MR) is 238 cm³/mol. The molecule has 0 unspecified atom stereocenters. The highest BCUT2D eigenvalue weighted by atomic mass is 16.3. The van der Waals surface area contributed by atoms with Crippen molar-refractivity contribution in [2.45, 2.75) is 0 Å². The van der Waals surface area contributed by atoms with Crippen LogP contribution in [0.25, 0.3) is 133 Å². The summed E-state index contributed by atoms with van der Waals surface area (Å²) in [6.45, 7) is 0. The summed E-state index contributed by atoms with van der Waals surface area (Å²) < 4.78 is 19.4. The van der Waals surface area contributed by atoms with Crippen molar-refractivity contribution in [2.24, 2.45) is 0 Å². The van der Waals surface area contributed by atoms with Gasteiger partial charge in [0.15, 0.2) is 17.5 Å². The van der Waals surface area contributed by atoms with E-state index in [1.54, 1.807) is 0 Å². The van der Waals surface area contributed by atoms with Crippen LogP contribution in [0, 0.1) is 0 Å². The molecule has 13 aromatic rings. The quantitative estimate of drug-likeness (QED) is 0.178. The van der Waals surface area contributed by atoms with Gasteiger partial charge in [-0.15, -0.1) is 0 Å². The summed E-state index contributed by atoms with van der Waals surface area (Å²) in [5.41, 5.74) is 9.56. The Morgan fingerprint density at radius 3 is 1.44 bits per heavy atom. The molecule has 59 heavy (non-hydrogen) atoms. The molecule has 9 aromatic carbocycles. The molecular formula is C53H29N3O3. The van der Waals surface area contributed by atoms with Crippen LogP contribution in [-0.4, -0.2) is 15.0 Å². The minimum Gasteiger partial charge on any atom is -0.456 e. The number of aromatic nitrogens is 3. The molecule has 4 heterocycles. The average molecular weight is 756 g/mol. The van der Waals surface area contributed by atoms with Crippen LogP contribution < -0.4 is 0 Å². The molecule has 0 aliphatic carbocycles. The lowest BCUT2D eigenvalue weighted by atomic mass is 9.92. The predicted octanol–water partition coefficient (Wildman–Crippen LogP) is 14.5. The first-order valence-corrected chi connectivity index (χ1v) is 19.7. The molecule has 0 amide bonds. The lowest BCUT2D eigenvalue weighted by Crippen LogP contribution is -2.01. The normalized spacial score (nSPS) is 12.1. The molecule has 0 aliphatic rings. The van der Waals surface area contributed by atoms with E-state index in [2.05, 4.69) is 109 Å². The monoisotopic (exact) mass is 755 g/mol. The van der Waals surface area contributed by atoms with Crippen LogP contribution in [0.4, 0.5) is 0 Å². The van der Waals surface area contributed by atoms with E-state index >= 15 is 0 Å². The SMILES string of the molecule is c1ccc2c(-c3cccc4c(-c5nc(-c6cccc7c6oc6ccc8oc9ccccc9c8c67)nc(-c6cccc7oc8ccccc8c67)n5)cccc34)cccc2c1. The van der Waals surface area contributed by atoms with E-state index in [0.717, 1.165) is 93.3 Å². The lowest BCUT2D eigenvalue weighted by Gasteiger charge is -2.14. The molecule has 0 aliphatic heterocycles. The van der Waals surface area contributed by atoms with Crippen molar-refractivity contribution in [1.82, 2.24) is 15.0 Å². The molecular weight excluding hydrogens is 727 g/mol. The third-order valence-corrected chi connectivity index (χ3v) is 11.8. The van der Waals surface area contributed by atoms with Gasteiger partial charge in [0, 0.05) is 43.4 Å². The van der Waals surface area contributed by atoms with Crippen LogP contribution in [-0.2, 0) is 0 Å². The Morgan fingerprint density at radius 2 is 0.678 bits per heavy atom. The van der Waals surface area contributed by atoms with Crippen LogP contribution in [0.2, 0.25) is 0 Å². The van der Waals surface area contributed by atoms with Crippen molar-refractivity contribution in [2.75, 3.05) is 0 Å². The zero-order valence-corrected chi connectivity index (χ0v) is 31.3. The fourth-order valence-corrected chi connectivity index (χ4v) is 9.18. The van der Waals surface area contributed by atoms with Crippen LogP contribution in [0.1, 0.15) is 0 Å². The molecule has 0 radical (unpaired) electrons. The van der Waals surface area contributed by atoms with Crippen LogP contribution in [0.5, 0.6) is 0 Å². The van der Waals surface area contributed by atoms with Gasteiger partial charge in [0.1, 0.15) is 33.5 Å². The minimum absolute atomic E-state index is 0.509. The molecule has 0 saturated heterocycles. The van der Waals surface area contributed by atoms with Crippen LogP contribution in [0.3, 0.4) is 0 Å². The molecule has 0 fully saturated rings. The number of hydrogen-bond donors (Lipinski definition) is 0. The molecule has 13 rings (SSSR count). The standard InChI is InChI=1S/C53H29N3O3/c1-2-14-31-30(12-1)13-7-17-32(31)33-18-8-20-35-34(33)19-9-21-36(35)51-54-52(40-23-11-27-44-47(40)37-15-3-5-25-42(37)57-44)56-53(55-51)41-24-10-22-39-49-46(59-50(39)41)29-28-45-48(49)38-16-4-6-26-43(38)58-45/h1-29H. The van der Waals surface area contributed by atoms with Gasteiger partial charge in [0.2, 0.25) is 0 Å². The van der Waals surface area contributed by atoms with E-state index in [1.807, 2.05) is 66.7 Å². The van der Waals surface area contributed by atoms with Crippen LogP contribution in [0.15, 0.2) is 189 Å². The second-order valence-corrected chi connectivity index (χ2v) is 15.0. The van der Waals surface area contributed by atoms with Crippen LogP contribution >= 0.6 is 0 Å². The number of fused-ring (bicyclic) bond motifs is 12. The average Bonchev–Trinajstić information content (AvgIpc) is 3.99. The molecule has 6 nitrogen and oxygen atoms in total. The molecule has 4 aromatic heterocycles. The molecule has 0 atom stereocenters. The van der Waals surface area contributed by atoms with Gasteiger partial charge in [-0.3, -0.25) is 0 Å². The van der Waals surface area contributed by atoms with E-state index in [9.17, 15) is 0 Å². The Kier molecular flexibility index (Phi) is 6.63. The van der Waals surface area contributed by atoms with E-state index in [-0.39, 0.29) is 0 Å². The zero-order valence-electron chi connectivity index (χ0n) is 31.3. The van der Waals surface area contributed by atoms with E-state index < -0.39 is 0 Å². The van der Waals surface area contributed by atoms with E-state index in [4.69, 9.17) is 28.2 Å². The first-order valence-electron chi connectivity index (χ1n) is 19.7. The maximum Gasteiger partial charge on any atom is 0.167 e. The molecule has 0 N–H and O–H groups in total. The highest BCUT2D eigenvalue weighted by Gasteiger charge is 2.23. The Morgan fingerprint density at radius 1 is 0.254 bits per heavy atom. The van der Waals surface area contributed by atoms with E-state index in [1.165, 1.54) is 16.3 Å². The Balaban J connectivity index is 1.09. The maximum absolute atomic E-state index is 6.78. The van der Waals surface area contributed by atoms with Gasteiger partial charge in [-0.25, -0.2) is 15.0 Å². The largest absolute Gasteiger partial charge is 0.456 e. The molecule has 6 heteroatoms. The lowest BCUT2D eigenvalue weighted by molar-refractivity contribution is 0.663. The summed E-state index contributed by atoms with van der Waals surface area (Å²) in [5, 5.41) is 10.6. The molecule has 0 bridgehead atoms. The summed E-state index contributed by atoms with van der Waals surface area (Å²) in [5.74, 6) is 1.61. The molecule has 0 saturated carbocycles. The molecule has 0 spiro atoms. The first-order chi connectivity index (χ1) is 29.2. The van der Waals surface area contributed by atoms with Crippen molar-refractivity contribution in [3.05, 3.63) is 176 Å². The highest BCUT2D eigenvalue weighted by Crippen LogP contribution is 2.44. The van der Waals surface area contributed by atoms with Crippen molar-refractivity contribution in [3.8, 4) is 45.3 Å². The second kappa shape index (κ2) is 12.2. The van der Waals surface area contributed by atoms with Crippen molar-refractivity contribution < 1.29 is 13.3 Å². The van der Waals surface area contributed by atoms with Gasteiger partial charge in [-0.2, -0.15) is 0 Å². The summed E-state index contributed by atoms with van der Waals surface area (Å²) >= 11 is 0. The Bertz CT molecular complexity index is 3870. The number of furan rings is 3. The van der Waals surface area contributed by atoms with E-state index in [0.29, 0.717) is 23.1 Å². The summed E-state index contributed by atoms with van der Waals surface area (Å²) in [6, 6.07) is 60.4. The van der Waals surface area contributed by atoms with Gasteiger partial charge in [-0.05, 0) is 69.1 Å². The third kappa shape index (κ3) is 4.71. The van der Waals surface area contributed by atoms with Crippen molar-refractivity contribution in [3.63, 3.8) is 0 Å². The number of hydrogen-bond acceptors (Lipinski definition) is 6. The Labute approximate surface area is 335 Å². The topological polar surface area (TPSA) is 78.1 Å².